The van der Waals surface area contributed by atoms with E-state index in [-0.39, 0.29) is 11.3 Å². The minimum absolute atomic E-state index is 0.0861. The fraction of sp³-hybridized carbons (Fsp3) is 0.0769. The predicted octanol–water partition coefficient (Wildman–Crippen LogP) is 2.45. The van der Waals surface area contributed by atoms with E-state index in [1.807, 2.05) is 6.92 Å². The van der Waals surface area contributed by atoms with Gasteiger partial charge in [-0.15, -0.1) is 0 Å². The molecule has 6 nitrogen and oxygen atoms in total. The Hall–Kier alpha value is -2.47. The number of fused-ring (bicyclic) bond motifs is 1. The lowest BCUT2D eigenvalue weighted by molar-refractivity contribution is 0.0693. The molecule has 3 aromatic heterocycles. The molecule has 0 aliphatic heterocycles. The van der Waals surface area contributed by atoms with Crippen molar-refractivity contribution in [3.05, 3.63) is 47.1 Å². The van der Waals surface area contributed by atoms with Crippen LogP contribution in [0.4, 0.5) is 0 Å². The second-order valence-corrected chi connectivity index (χ2v) is 4.61. The highest BCUT2D eigenvalue weighted by atomic mass is 35.5. The van der Waals surface area contributed by atoms with E-state index in [4.69, 9.17) is 16.7 Å². The van der Waals surface area contributed by atoms with E-state index in [2.05, 4.69) is 15.0 Å². The number of aromatic carboxylic acids is 1. The summed E-state index contributed by atoms with van der Waals surface area (Å²) in [6.07, 6.45) is 1.44. The first-order chi connectivity index (χ1) is 9.56. The van der Waals surface area contributed by atoms with Crippen molar-refractivity contribution in [3.63, 3.8) is 0 Å². The number of carboxylic acid groups (broad SMARTS) is 1. The molecule has 3 aromatic rings. The summed E-state index contributed by atoms with van der Waals surface area (Å²) >= 11 is 5.86. The summed E-state index contributed by atoms with van der Waals surface area (Å²) in [5, 5.41) is 9.47. The van der Waals surface area contributed by atoms with Crippen molar-refractivity contribution >= 4 is 23.2 Å². The van der Waals surface area contributed by atoms with Gasteiger partial charge in [-0.2, -0.15) is 0 Å². The monoisotopic (exact) mass is 288 g/mol. The second-order valence-electron chi connectivity index (χ2n) is 4.22. The van der Waals surface area contributed by atoms with Crippen molar-refractivity contribution in [2.75, 3.05) is 0 Å². The number of hydrogen-bond donors (Lipinski definition) is 1. The Morgan fingerprint density at radius 2 is 2.10 bits per heavy atom. The fourth-order valence-corrected chi connectivity index (χ4v) is 2.12. The molecule has 0 aromatic carbocycles. The molecule has 20 heavy (non-hydrogen) atoms. The molecule has 0 saturated carbocycles. The van der Waals surface area contributed by atoms with Crippen molar-refractivity contribution in [2.24, 2.45) is 0 Å². The van der Waals surface area contributed by atoms with E-state index in [9.17, 15) is 4.79 Å². The maximum absolute atomic E-state index is 11.1. The lowest BCUT2D eigenvalue weighted by Gasteiger charge is -2.05. The van der Waals surface area contributed by atoms with E-state index in [0.717, 1.165) is 5.69 Å². The van der Waals surface area contributed by atoms with Gasteiger partial charge in [0.25, 0.3) is 0 Å². The van der Waals surface area contributed by atoms with Gasteiger partial charge in [0.05, 0.1) is 11.4 Å². The van der Waals surface area contributed by atoms with Crippen LogP contribution in [-0.4, -0.2) is 30.4 Å². The number of nitrogens with zero attached hydrogens (tertiary/aromatic N) is 4. The predicted molar refractivity (Wildman–Crippen MR) is 72.9 cm³/mol. The third kappa shape index (κ3) is 2.00. The molecule has 0 atom stereocenters. The summed E-state index contributed by atoms with van der Waals surface area (Å²) in [5.41, 5.74) is 2.15. The molecule has 3 rings (SSSR count). The Kier molecular flexibility index (Phi) is 2.87. The van der Waals surface area contributed by atoms with Gasteiger partial charge in [0, 0.05) is 5.69 Å². The van der Waals surface area contributed by atoms with Gasteiger partial charge in [-0.3, -0.25) is 4.40 Å². The van der Waals surface area contributed by atoms with E-state index >= 15 is 0 Å². The molecule has 0 amide bonds. The zero-order valence-corrected chi connectivity index (χ0v) is 11.2. The summed E-state index contributed by atoms with van der Waals surface area (Å²) in [6.45, 7) is 1.84. The van der Waals surface area contributed by atoms with E-state index in [1.54, 1.807) is 28.7 Å². The third-order valence-electron chi connectivity index (χ3n) is 2.87. The Morgan fingerprint density at radius 1 is 1.30 bits per heavy atom. The summed E-state index contributed by atoms with van der Waals surface area (Å²) in [6, 6.07) is 7.00. The fourth-order valence-electron chi connectivity index (χ4n) is 1.95. The van der Waals surface area contributed by atoms with Crippen LogP contribution in [0.2, 0.25) is 5.15 Å². The number of rotatable bonds is 2. The number of imidazole rings is 1. The molecule has 0 bridgehead atoms. The molecule has 1 N–H and O–H groups in total. The molecule has 0 spiro atoms. The number of aromatic nitrogens is 4. The Bertz CT molecular complexity index is 828. The molecule has 7 heteroatoms. The van der Waals surface area contributed by atoms with Crippen molar-refractivity contribution < 1.29 is 9.90 Å². The van der Waals surface area contributed by atoms with Crippen LogP contribution < -0.4 is 0 Å². The van der Waals surface area contributed by atoms with Crippen LogP contribution in [0.5, 0.6) is 0 Å². The molecule has 0 fully saturated rings. The van der Waals surface area contributed by atoms with Crippen LogP contribution in [0.1, 0.15) is 16.2 Å². The molecule has 0 unspecified atom stereocenters. The topological polar surface area (TPSA) is 80.4 Å². The first kappa shape index (κ1) is 12.6. The highest BCUT2D eigenvalue weighted by Gasteiger charge is 2.16. The maximum Gasteiger partial charge on any atom is 0.358 e. The van der Waals surface area contributed by atoms with E-state index in [0.29, 0.717) is 16.5 Å². The van der Waals surface area contributed by atoms with E-state index < -0.39 is 5.97 Å². The van der Waals surface area contributed by atoms with Crippen molar-refractivity contribution in [2.45, 2.75) is 6.92 Å². The molecule has 100 valence electrons. The molecule has 0 saturated heterocycles. The van der Waals surface area contributed by atoms with Gasteiger partial charge in [0.1, 0.15) is 11.5 Å². The highest BCUT2D eigenvalue weighted by molar-refractivity contribution is 6.29. The van der Waals surface area contributed by atoms with Crippen molar-refractivity contribution in [3.8, 4) is 11.4 Å². The number of carboxylic acids is 1. The third-order valence-corrected chi connectivity index (χ3v) is 3.08. The van der Waals surface area contributed by atoms with Gasteiger partial charge in [-0.05, 0) is 25.1 Å². The molecule has 0 aliphatic carbocycles. The van der Waals surface area contributed by atoms with Crippen LogP contribution >= 0.6 is 11.6 Å². The SMILES string of the molecule is Cc1cc(-c2cccc(Cl)n2)nc2c(C(=O)O)ncn12. The van der Waals surface area contributed by atoms with Gasteiger partial charge < -0.3 is 5.11 Å². The standard InChI is InChI=1S/C13H9ClN4O2/c1-7-5-9(8-3-2-4-10(14)16-8)17-12-11(13(19)20)15-6-18(7)12/h2-6H,1H3,(H,19,20). The average Bonchev–Trinajstić information content (AvgIpc) is 2.83. The average molecular weight is 289 g/mol. The molecule has 3 heterocycles. The zero-order valence-electron chi connectivity index (χ0n) is 10.4. The molecular weight excluding hydrogens is 280 g/mol. The molecular formula is C13H9ClN4O2. The molecule has 0 aliphatic rings. The lowest BCUT2D eigenvalue weighted by atomic mass is 10.2. The van der Waals surface area contributed by atoms with Gasteiger partial charge >= 0.3 is 5.97 Å². The van der Waals surface area contributed by atoms with Gasteiger partial charge in [-0.25, -0.2) is 19.7 Å². The van der Waals surface area contributed by atoms with E-state index in [1.165, 1.54) is 6.33 Å². The summed E-state index contributed by atoms with van der Waals surface area (Å²) in [5.74, 6) is -1.12. The number of halogens is 1. The van der Waals surface area contributed by atoms with Crippen LogP contribution in [0.3, 0.4) is 0 Å². The smallest absolute Gasteiger partial charge is 0.358 e. The minimum Gasteiger partial charge on any atom is -0.476 e. The number of hydrogen-bond acceptors (Lipinski definition) is 4. The quantitative estimate of drug-likeness (QED) is 0.733. The lowest BCUT2D eigenvalue weighted by Crippen LogP contribution is -2.02. The highest BCUT2D eigenvalue weighted by Crippen LogP contribution is 2.20. The Morgan fingerprint density at radius 3 is 2.80 bits per heavy atom. The summed E-state index contributed by atoms with van der Waals surface area (Å²) in [7, 11) is 0. The zero-order chi connectivity index (χ0) is 14.3. The van der Waals surface area contributed by atoms with Crippen LogP contribution in [0.25, 0.3) is 17.0 Å². The minimum atomic E-state index is -1.12. The number of carbonyl (C=O) groups is 1. The first-order valence-electron chi connectivity index (χ1n) is 5.77. The largest absolute Gasteiger partial charge is 0.476 e. The van der Waals surface area contributed by atoms with Gasteiger partial charge in [-0.1, -0.05) is 17.7 Å². The summed E-state index contributed by atoms with van der Waals surface area (Å²) < 4.78 is 1.62. The maximum atomic E-state index is 11.1. The molecule has 0 radical (unpaired) electrons. The van der Waals surface area contributed by atoms with Gasteiger partial charge in [0.2, 0.25) is 0 Å². The van der Waals surface area contributed by atoms with Crippen molar-refractivity contribution in [1.29, 1.82) is 0 Å². The van der Waals surface area contributed by atoms with Crippen LogP contribution in [0.15, 0.2) is 30.6 Å². The van der Waals surface area contributed by atoms with Crippen LogP contribution in [-0.2, 0) is 0 Å². The van der Waals surface area contributed by atoms with Crippen molar-refractivity contribution in [1.82, 2.24) is 19.4 Å². The van der Waals surface area contributed by atoms with Crippen LogP contribution in [0, 0.1) is 6.92 Å². The Balaban J connectivity index is 2.27. The first-order valence-corrected chi connectivity index (χ1v) is 6.15. The summed E-state index contributed by atoms with van der Waals surface area (Å²) in [4.78, 5) is 23.5. The van der Waals surface area contributed by atoms with Gasteiger partial charge in [0.15, 0.2) is 11.3 Å². The number of aryl methyl sites for hydroxylation is 1. The number of pyridine rings is 1. The second kappa shape index (κ2) is 4.57. The Labute approximate surface area is 118 Å². The normalized spacial score (nSPS) is 10.9.